The average molecular weight is 234 g/mol. The van der Waals surface area contributed by atoms with E-state index in [4.69, 9.17) is 10.5 Å². The zero-order valence-corrected chi connectivity index (χ0v) is 10.1. The molecule has 1 aliphatic heterocycles. The van der Waals surface area contributed by atoms with Gasteiger partial charge in [-0.25, -0.2) is 0 Å². The lowest BCUT2D eigenvalue weighted by Gasteiger charge is -2.20. The molecule has 0 aliphatic carbocycles. The fraction of sp³-hybridized carbons (Fsp3) is 0.462. The number of likely N-dealkylation sites (N-methyl/N-ethyl adjacent to an activating group) is 1. The maximum Gasteiger partial charge on any atom is 0.251 e. The highest BCUT2D eigenvalue weighted by Crippen LogP contribution is 2.15. The lowest BCUT2D eigenvalue weighted by Crippen LogP contribution is -2.35. The first-order valence-corrected chi connectivity index (χ1v) is 5.88. The smallest absolute Gasteiger partial charge is 0.251 e. The summed E-state index contributed by atoms with van der Waals surface area (Å²) in [4.78, 5) is 13.7. The van der Waals surface area contributed by atoms with E-state index in [0.29, 0.717) is 13.2 Å². The third-order valence-corrected chi connectivity index (χ3v) is 2.98. The van der Waals surface area contributed by atoms with Gasteiger partial charge in [0.1, 0.15) is 6.10 Å². The van der Waals surface area contributed by atoms with Crippen LogP contribution in [0.2, 0.25) is 0 Å². The van der Waals surface area contributed by atoms with Crippen LogP contribution in [0.5, 0.6) is 0 Å². The molecule has 4 heteroatoms. The maximum absolute atomic E-state index is 12.0. The van der Waals surface area contributed by atoms with Crippen molar-refractivity contribution >= 4 is 11.6 Å². The third kappa shape index (κ3) is 2.97. The Morgan fingerprint density at radius 1 is 1.47 bits per heavy atom. The summed E-state index contributed by atoms with van der Waals surface area (Å²) in [6.45, 7) is 1.30. The maximum atomic E-state index is 12.0. The van der Waals surface area contributed by atoms with Gasteiger partial charge in [-0.1, -0.05) is 12.1 Å². The topological polar surface area (TPSA) is 55.6 Å². The van der Waals surface area contributed by atoms with Crippen LogP contribution in [0.3, 0.4) is 0 Å². The van der Waals surface area contributed by atoms with Gasteiger partial charge in [-0.05, 0) is 30.5 Å². The number of nitrogens with two attached hydrogens (primary N) is 1. The van der Waals surface area contributed by atoms with Crippen molar-refractivity contribution < 1.29 is 9.53 Å². The molecule has 1 aromatic carbocycles. The molecule has 0 spiro atoms. The van der Waals surface area contributed by atoms with Gasteiger partial charge in [-0.15, -0.1) is 0 Å². The summed E-state index contributed by atoms with van der Waals surface area (Å²) >= 11 is 0. The van der Waals surface area contributed by atoms with Gasteiger partial charge < -0.3 is 15.4 Å². The largest absolute Gasteiger partial charge is 0.399 e. The van der Waals surface area contributed by atoms with Crippen molar-refractivity contribution in [2.75, 3.05) is 19.4 Å². The van der Waals surface area contributed by atoms with Crippen molar-refractivity contribution in [2.45, 2.75) is 25.5 Å². The molecule has 1 heterocycles. The van der Waals surface area contributed by atoms with Crippen LogP contribution in [0, 0.1) is 0 Å². The predicted octanol–water partition coefficient (Wildman–Crippen LogP) is 1.41. The van der Waals surface area contributed by atoms with Gasteiger partial charge in [0.15, 0.2) is 0 Å². The highest BCUT2D eigenvalue weighted by molar-refractivity contribution is 5.80. The first kappa shape index (κ1) is 11.9. The van der Waals surface area contributed by atoms with E-state index in [2.05, 4.69) is 0 Å². The summed E-state index contributed by atoms with van der Waals surface area (Å²) in [6.07, 6.45) is 1.57. The van der Waals surface area contributed by atoms with Gasteiger partial charge in [0, 0.05) is 25.9 Å². The minimum absolute atomic E-state index is 0.0688. The Kier molecular flexibility index (Phi) is 3.64. The Morgan fingerprint density at radius 3 is 2.76 bits per heavy atom. The number of amides is 1. The highest BCUT2D eigenvalue weighted by atomic mass is 16.5. The molecule has 2 N–H and O–H groups in total. The van der Waals surface area contributed by atoms with Gasteiger partial charge in [-0.2, -0.15) is 0 Å². The molecule has 1 atom stereocenters. The molecule has 0 aromatic heterocycles. The van der Waals surface area contributed by atoms with E-state index in [0.717, 1.165) is 24.1 Å². The summed E-state index contributed by atoms with van der Waals surface area (Å²) in [6, 6.07) is 7.57. The molecule has 0 radical (unpaired) electrons. The second-order valence-corrected chi connectivity index (χ2v) is 4.44. The number of anilines is 1. The SMILES string of the molecule is CN(Cc1ccc(N)cc1)C(=O)C1CCCO1. The number of hydrogen-bond donors (Lipinski definition) is 1. The van der Waals surface area contributed by atoms with E-state index in [1.807, 2.05) is 24.3 Å². The number of carbonyl (C=O) groups excluding carboxylic acids is 1. The molecule has 0 saturated carbocycles. The molecule has 0 bridgehead atoms. The minimum atomic E-state index is -0.242. The molecule has 1 fully saturated rings. The van der Waals surface area contributed by atoms with Crippen molar-refractivity contribution in [1.82, 2.24) is 4.90 Å². The van der Waals surface area contributed by atoms with E-state index >= 15 is 0 Å². The Labute approximate surface area is 101 Å². The number of carbonyl (C=O) groups is 1. The fourth-order valence-corrected chi connectivity index (χ4v) is 1.99. The van der Waals surface area contributed by atoms with E-state index in [1.54, 1.807) is 11.9 Å². The normalized spacial score (nSPS) is 19.2. The van der Waals surface area contributed by atoms with Gasteiger partial charge in [-0.3, -0.25) is 4.79 Å². The molecular weight excluding hydrogens is 216 g/mol. The van der Waals surface area contributed by atoms with Crippen LogP contribution in [0.25, 0.3) is 0 Å². The Balaban J connectivity index is 1.93. The zero-order chi connectivity index (χ0) is 12.3. The molecule has 17 heavy (non-hydrogen) atoms. The molecule has 4 nitrogen and oxygen atoms in total. The molecule has 1 amide bonds. The van der Waals surface area contributed by atoms with Crippen molar-refractivity contribution in [3.63, 3.8) is 0 Å². The van der Waals surface area contributed by atoms with Crippen LogP contribution in [-0.4, -0.2) is 30.6 Å². The molecule has 1 aliphatic rings. The van der Waals surface area contributed by atoms with Crippen molar-refractivity contribution in [3.8, 4) is 0 Å². The van der Waals surface area contributed by atoms with Crippen LogP contribution in [0.4, 0.5) is 5.69 Å². The van der Waals surface area contributed by atoms with Crippen LogP contribution in [0.1, 0.15) is 18.4 Å². The number of nitrogens with zero attached hydrogens (tertiary/aromatic N) is 1. The highest BCUT2D eigenvalue weighted by Gasteiger charge is 2.26. The molecular formula is C13H18N2O2. The van der Waals surface area contributed by atoms with Gasteiger partial charge in [0.05, 0.1) is 0 Å². The molecule has 2 rings (SSSR count). The number of benzene rings is 1. The summed E-state index contributed by atoms with van der Waals surface area (Å²) in [5, 5.41) is 0. The Bertz CT molecular complexity index is 383. The molecule has 92 valence electrons. The number of rotatable bonds is 3. The summed E-state index contributed by atoms with van der Waals surface area (Å²) in [7, 11) is 1.81. The summed E-state index contributed by atoms with van der Waals surface area (Å²) < 4.78 is 5.38. The van der Waals surface area contributed by atoms with E-state index in [-0.39, 0.29) is 12.0 Å². The zero-order valence-electron chi connectivity index (χ0n) is 10.1. The first-order valence-electron chi connectivity index (χ1n) is 5.88. The second-order valence-electron chi connectivity index (χ2n) is 4.44. The molecule has 1 saturated heterocycles. The average Bonchev–Trinajstić information content (AvgIpc) is 2.84. The van der Waals surface area contributed by atoms with Crippen LogP contribution in [0.15, 0.2) is 24.3 Å². The van der Waals surface area contributed by atoms with E-state index in [9.17, 15) is 4.79 Å². The first-order chi connectivity index (χ1) is 8.16. The Morgan fingerprint density at radius 2 is 2.18 bits per heavy atom. The van der Waals surface area contributed by atoms with Crippen LogP contribution in [-0.2, 0) is 16.1 Å². The number of nitrogen functional groups attached to an aromatic ring is 1. The van der Waals surface area contributed by atoms with Crippen molar-refractivity contribution in [1.29, 1.82) is 0 Å². The Hall–Kier alpha value is -1.55. The number of hydrogen-bond acceptors (Lipinski definition) is 3. The molecule has 1 aromatic rings. The van der Waals surface area contributed by atoms with E-state index in [1.165, 1.54) is 0 Å². The number of ether oxygens (including phenoxy) is 1. The van der Waals surface area contributed by atoms with Gasteiger partial charge >= 0.3 is 0 Å². The van der Waals surface area contributed by atoms with Gasteiger partial charge in [0.2, 0.25) is 0 Å². The van der Waals surface area contributed by atoms with Crippen molar-refractivity contribution in [2.24, 2.45) is 0 Å². The van der Waals surface area contributed by atoms with Crippen molar-refractivity contribution in [3.05, 3.63) is 29.8 Å². The fourth-order valence-electron chi connectivity index (χ4n) is 1.99. The van der Waals surface area contributed by atoms with Crippen LogP contribution < -0.4 is 5.73 Å². The summed E-state index contributed by atoms with van der Waals surface area (Å²) in [5.41, 5.74) is 7.43. The van der Waals surface area contributed by atoms with Gasteiger partial charge in [0.25, 0.3) is 5.91 Å². The lowest BCUT2D eigenvalue weighted by atomic mass is 10.1. The lowest BCUT2D eigenvalue weighted by molar-refractivity contribution is -0.140. The van der Waals surface area contributed by atoms with E-state index < -0.39 is 0 Å². The third-order valence-electron chi connectivity index (χ3n) is 2.98. The summed E-state index contributed by atoms with van der Waals surface area (Å²) in [5.74, 6) is 0.0688. The molecule has 1 unspecified atom stereocenters. The minimum Gasteiger partial charge on any atom is -0.399 e. The standard InChI is InChI=1S/C13H18N2O2/c1-15(13(16)12-3-2-8-17-12)9-10-4-6-11(14)7-5-10/h4-7,12H,2-3,8-9,14H2,1H3. The quantitative estimate of drug-likeness (QED) is 0.804. The monoisotopic (exact) mass is 234 g/mol. The predicted molar refractivity (Wildman–Crippen MR) is 66.3 cm³/mol. The van der Waals surface area contributed by atoms with Crippen LogP contribution >= 0.6 is 0 Å². The second kappa shape index (κ2) is 5.19.